The third kappa shape index (κ3) is 5.36. The molecule has 148 valence electrons. The zero-order valence-electron chi connectivity index (χ0n) is 15.5. The van der Waals surface area contributed by atoms with Gasteiger partial charge in [-0.25, -0.2) is 0 Å². The predicted octanol–water partition coefficient (Wildman–Crippen LogP) is 2.98. The molecule has 2 aromatic rings. The molecular weight excluding hydrogens is 390 g/mol. The van der Waals surface area contributed by atoms with Gasteiger partial charge in [0.1, 0.15) is 0 Å². The van der Waals surface area contributed by atoms with E-state index in [4.69, 9.17) is 10.00 Å². The number of rotatable bonds is 7. The summed E-state index contributed by atoms with van der Waals surface area (Å²) in [5.41, 5.74) is 1.35. The van der Waals surface area contributed by atoms with Crippen molar-refractivity contribution in [3.8, 4) is 6.07 Å². The number of ether oxygens (including phenoxy) is 1. The molecule has 1 aliphatic rings. The molecule has 8 heteroatoms. The molecule has 0 aliphatic carbocycles. The van der Waals surface area contributed by atoms with Crippen LogP contribution in [-0.2, 0) is 19.1 Å². The van der Waals surface area contributed by atoms with Crippen LogP contribution >= 0.6 is 11.8 Å². The number of para-hydroxylation sites is 2. The molecule has 0 bridgehead atoms. The molecule has 1 atom stereocenters. The average molecular weight is 409 g/mol. The molecule has 3 rings (SSSR count). The van der Waals surface area contributed by atoms with Crippen molar-refractivity contribution in [2.24, 2.45) is 0 Å². The third-order valence-electron chi connectivity index (χ3n) is 4.23. The summed E-state index contributed by atoms with van der Waals surface area (Å²) in [6, 6.07) is 18.2. The lowest BCUT2D eigenvalue weighted by molar-refractivity contribution is -0.148. The Morgan fingerprint density at radius 3 is 2.62 bits per heavy atom. The molecule has 2 aromatic carbocycles. The molecule has 0 aromatic heterocycles. The van der Waals surface area contributed by atoms with E-state index in [2.05, 4.69) is 5.32 Å². The van der Waals surface area contributed by atoms with Crippen molar-refractivity contribution in [1.29, 1.82) is 5.26 Å². The van der Waals surface area contributed by atoms with Crippen LogP contribution in [0.1, 0.15) is 12.8 Å². The quantitative estimate of drug-likeness (QED) is 0.706. The number of nitrogens with zero attached hydrogens (tertiary/aromatic N) is 2. The van der Waals surface area contributed by atoms with Gasteiger partial charge in [-0.3, -0.25) is 14.4 Å². The van der Waals surface area contributed by atoms with Crippen molar-refractivity contribution < 1.29 is 19.1 Å². The van der Waals surface area contributed by atoms with Crippen molar-refractivity contribution in [1.82, 2.24) is 0 Å². The summed E-state index contributed by atoms with van der Waals surface area (Å²) in [6.45, 7) is -0.247. The molecule has 1 N–H and O–H groups in total. The van der Waals surface area contributed by atoms with Crippen LogP contribution in [0.5, 0.6) is 0 Å². The van der Waals surface area contributed by atoms with Gasteiger partial charge in [-0.05, 0) is 24.3 Å². The van der Waals surface area contributed by atoms with Crippen LogP contribution in [0.2, 0.25) is 0 Å². The highest BCUT2D eigenvalue weighted by Gasteiger charge is 2.29. The lowest BCUT2D eigenvalue weighted by Gasteiger charge is -2.24. The summed E-state index contributed by atoms with van der Waals surface area (Å²) in [4.78, 5) is 39.2. The Labute approximate surface area is 172 Å². The standard InChI is InChI=1S/C21H19N3O4S/c22-11-6-12-24(15-7-2-1-3-8-15)19(25)14-28-20(26)13-18-21(27)23-16-9-4-5-10-17(16)29-18/h1-5,7-10,18H,6,12-14H2,(H,23,27)/t18-/m0/s1. The number of hydrogen-bond donors (Lipinski definition) is 1. The molecule has 2 amide bonds. The molecule has 7 nitrogen and oxygen atoms in total. The topological polar surface area (TPSA) is 99.5 Å². The maximum atomic E-state index is 12.5. The summed E-state index contributed by atoms with van der Waals surface area (Å²) >= 11 is 1.30. The van der Waals surface area contributed by atoms with Gasteiger partial charge >= 0.3 is 5.97 Å². The van der Waals surface area contributed by atoms with Crippen molar-refractivity contribution in [3.05, 3.63) is 54.6 Å². The number of hydrogen-bond acceptors (Lipinski definition) is 6. The zero-order chi connectivity index (χ0) is 20.6. The second-order valence-electron chi connectivity index (χ2n) is 6.25. The predicted molar refractivity (Wildman–Crippen MR) is 109 cm³/mol. The molecule has 1 aliphatic heterocycles. The highest BCUT2D eigenvalue weighted by Crippen LogP contribution is 2.36. The first-order valence-electron chi connectivity index (χ1n) is 9.03. The van der Waals surface area contributed by atoms with Gasteiger partial charge in [-0.2, -0.15) is 5.26 Å². The van der Waals surface area contributed by atoms with Gasteiger partial charge in [0.2, 0.25) is 5.91 Å². The van der Waals surface area contributed by atoms with Crippen LogP contribution in [0, 0.1) is 11.3 Å². The SMILES string of the molecule is N#CCCN(C(=O)COC(=O)C[C@@H]1Sc2ccccc2NC1=O)c1ccccc1. The monoisotopic (exact) mass is 409 g/mol. The Morgan fingerprint density at radius 2 is 1.86 bits per heavy atom. The number of carbonyl (C=O) groups is 3. The van der Waals surface area contributed by atoms with Gasteiger partial charge in [0.15, 0.2) is 6.61 Å². The summed E-state index contributed by atoms with van der Waals surface area (Å²) in [5.74, 6) is -1.32. The first kappa shape index (κ1) is 20.4. The van der Waals surface area contributed by atoms with Crippen LogP contribution in [-0.4, -0.2) is 36.2 Å². The summed E-state index contributed by atoms with van der Waals surface area (Å²) in [6.07, 6.45) is 0.0223. The highest BCUT2D eigenvalue weighted by atomic mass is 32.2. The van der Waals surface area contributed by atoms with Crippen LogP contribution in [0.3, 0.4) is 0 Å². The first-order valence-corrected chi connectivity index (χ1v) is 9.91. The molecule has 0 spiro atoms. The van der Waals surface area contributed by atoms with Crippen LogP contribution in [0.25, 0.3) is 0 Å². The van der Waals surface area contributed by atoms with Crippen LogP contribution in [0.15, 0.2) is 59.5 Å². The summed E-state index contributed by atoms with van der Waals surface area (Å²) in [7, 11) is 0. The molecule has 0 saturated carbocycles. The largest absolute Gasteiger partial charge is 0.456 e. The van der Waals surface area contributed by atoms with E-state index in [0.717, 1.165) is 10.6 Å². The fraction of sp³-hybridized carbons (Fsp3) is 0.238. The van der Waals surface area contributed by atoms with Gasteiger partial charge in [0.05, 0.1) is 29.8 Å². The van der Waals surface area contributed by atoms with Crippen LogP contribution in [0.4, 0.5) is 11.4 Å². The molecule has 0 unspecified atom stereocenters. The zero-order valence-corrected chi connectivity index (χ0v) is 16.4. The molecule has 29 heavy (non-hydrogen) atoms. The molecule has 1 heterocycles. The van der Waals surface area contributed by atoms with Crippen LogP contribution < -0.4 is 10.2 Å². The Balaban J connectivity index is 1.56. The van der Waals surface area contributed by atoms with Gasteiger partial charge in [0.25, 0.3) is 5.91 Å². The summed E-state index contributed by atoms with van der Waals surface area (Å²) in [5, 5.41) is 11.0. The fourth-order valence-corrected chi connectivity index (χ4v) is 3.92. The number of nitriles is 1. The number of nitrogens with one attached hydrogen (secondary N) is 1. The van der Waals surface area contributed by atoms with E-state index in [9.17, 15) is 14.4 Å². The smallest absolute Gasteiger partial charge is 0.307 e. The Kier molecular flexibility index (Phi) is 6.87. The van der Waals surface area contributed by atoms with E-state index in [1.807, 2.05) is 30.3 Å². The van der Waals surface area contributed by atoms with E-state index in [0.29, 0.717) is 5.69 Å². The average Bonchev–Trinajstić information content (AvgIpc) is 2.74. The number of amides is 2. The number of anilines is 2. The minimum absolute atomic E-state index is 0.137. The summed E-state index contributed by atoms with van der Waals surface area (Å²) < 4.78 is 5.12. The van der Waals surface area contributed by atoms with Crippen molar-refractivity contribution in [3.63, 3.8) is 0 Å². The Bertz CT molecular complexity index is 942. The maximum absolute atomic E-state index is 12.5. The maximum Gasteiger partial charge on any atom is 0.307 e. The van der Waals surface area contributed by atoms with E-state index in [1.165, 1.54) is 16.7 Å². The number of thioether (sulfide) groups is 1. The van der Waals surface area contributed by atoms with E-state index < -0.39 is 23.7 Å². The van der Waals surface area contributed by atoms with Gasteiger partial charge in [0, 0.05) is 17.1 Å². The second kappa shape index (κ2) is 9.75. The first-order chi connectivity index (χ1) is 14.1. The normalized spacial score (nSPS) is 14.9. The Hall–Kier alpha value is -3.31. The van der Waals surface area contributed by atoms with Crippen molar-refractivity contribution in [2.75, 3.05) is 23.4 Å². The number of esters is 1. The second-order valence-corrected chi connectivity index (χ2v) is 7.49. The number of benzene rings is 2. The van der Waals surface area contributed by atoms with Crippen molar-refractivity contribution in [2.45, 2.75) is 23.0 Å². The van der Waals surface area contributed by atoms with Gasteiger partial charge in [-0.15, -0.1) is 11.8 Å². The molecule has 0 fully saturated rings. The van der Waals surface area contributed by atoms with E-state index >= 15 is 0 Å². The van der Waals surface area contributed by atoms with Gasteiger partial charge in [-0.1, -0.05) is 30.3 Å². The van der Waals surface area contributed by atoms with E-state index in [1.54, 1.807) is 30.3 Å². The minimum Gasteiger partial charge on any atom is -0.456 e. The highest BCUT2D eigenvalue weighted by molar-refractivity contribution is 8.01. The number of fused-ring (bicyclic) bond motifs is 1. The number of carbonyl (C=O) groups excluding carboxylic acids is 3. The van der Waals surface area contributed by atoms with E-state index in [-0.39, 0.29) is 25.3 Å². The molecular formula is C21H19N3O4S. The Morgan fingerprint density at radius 1 is 1.14 bits per heavy atom. The lowest BCUT2D eigenvalue weighted by Crippen LogP contribution is -2.36. The fourth-order valence-electron chi connectivity index (χ4n) is 2.83. The lowest BCUT2D eigenvalue weighted by atomic mass is 10.2. The molecule has 0 saturated heterocycles. The minimum atomic E-state index is -0.626. The third-order valence-corrected chi connectivity index (χ3v) is 5.51. The van der Waals surface area contributed by atoms with Crippen molar-refractivity contribution >= 4 is 40.9 Å². The molecule has 0 radical (unpaired) electrons. The van der Waals surface area contributed by atoms with Gasteiger partial charge < -0.3 is 15.0 Å².